The van der Waals surface area contributed by atoms with Gasteiger partial charge in [-0.2, -0.15) is 0 Å². The molecule has 0 saturated carbocycles. The fourth-order valence-corrected chi connectivity index (χ4v) is 1.15. The fourth-order valence-electron chi connectivity index (χ4n) is 1.01. The van der Waals surface area contributed by atoms with E-state index >= 15 is 0 Å². The van der Waals surface area contributed by atoms with E-state index in [9.17, 15) is 0 Å². The van der Waals surface area contributed by atoms with Crippen LogP contribution in [0.5, 0.6) is 0 Å². The van der Waals surface area contributed by atoms with E-state index in [-0.39, 0.29) is 6.29 Å². The van der Waals surface area contributed by atoms with E-state index in [0.29, 0.717) is 0 Å². The Morgan fingerprint density at radius 1 is 1.17 bits per heavy atom. The van der Waals surface area contributed by atoms with Gasteiger partial charge in [-0.05, 0) is 31.0 Å². The molecule has 0 heterocycles. The first kappa shape index (κ1) is 12.2. The molecule has 0 aromatic rings. The average molecular weight is 196 g/mol. The highest BCUT2D eigenvalue weighted by molar-refractivity contribution is 6.13. The second kappa shape index (κ2) is 9.26. The number of nitrogens with one attached hydrogen (secondary N) is 1. The molecular weight excluding hydrogens is 178 g/mol. The molecule has 0 spiro atoms. The van der Waals surface area contributed by atoms with Gasteiger partial charge in [0.05, 0.1) is 0 Å². The second-order valence-electron chi connectivity index (χ2n) is 2.63. The maximum Gasteiger partial charge on any atom is 0.156 e. The summed E-state index contributed by atoms with van der Waals surface area (Å²) in [7, 11) is 3.32. The molecule has 0 unspecified atom stereocenters. The summed E-state index contributed by atoms with van der Waals surface area (Å²) in [6.45, 7) is 0.867. The molecule has 1 N–H and O–H groups in total. The van der Waals surface area contributed by atoms with Crippen molar-refractivity contribution in [3.63, 3.8) is 0 Å². The molecule has 12 heavy (non-hydrogen) atoms. The topological polar surface area (TPSA) is 30.5 Å². The monoisotopic (exact) mass is 195 g/mol. The Bertz CT molecular complexity index is 89.1. The first-order valence-corrected chi connectivity index (χ1v) is 4.62. The van der Waals surface area contributed by atoms with Crippen molar-refractivity contribution in [3.05, 3.63) is 0 Å². The van der Waals surface area contributed by atoms with E-state index in [1.165, 1.54) is 0 Å². The number of methoxy groups -OCH3 is 2. The molecule has 0 saturated heterocycles. The molecule has 0 aromatic heterocycles. The van der Waals surface area contributed by atoms with Crippen molar-refractivity contribution < 1.29 is 9.47 Å². The lowest BCUT2D eigenvalue weighted by Crippen LogP contribution is -2.12. The van der Waals surface area contributed by atoms with Crippen LogP contribution in [0, 0.1) is 0 Å². The van der Waals surface area contributed by atoms with Gasteiger partial charge in [-0.1, -0.05) is 6.42 Å². The summed E-state index contributed by atoms with van der Waals surface area (Å²) >= 11 is 5.30. The minimum Gasteiger partial charge on any atom is -0.356 e. The molecule has 3 nitrogen and oxygen atoms in total. The largest absolute Gasteiger partial charge is 0.356 e. The van der Waals surface area contributed by atoms with Gasteiger partial charge in [-0.15, -0.1) is 0 Å². The number of hydrogen-bond donors (Lipinski definition) is 1. The molecule has 0 atom stereocenters. The van der Waals surface area contributed by atoms with Crippen LogP contribution in [0.1, 0.15) is 25.7 Å². The van der Waals surface area contributed by atoms with Crippen LogP contribution in [0.2, 0.25) is 0 Å². The number of hydrogen-bond acceptors (Lipinski definition) is 3. The summed E-state index contributed by atoms with van der Waals surface area (Å²) in [5, 5.41) is 0. The predicted molar refractivity (Wildman–Crippen MR) is 50.1 cm³/mol. The van der Waals surface area contributed by atoms with Crippen molar-refractivity contribution in [2.45, 2.75) is 32.0 Å². The van der Waals surface area contributed by atoms with Gasteiger partial charge in [-0.3, -0.25) is 0 Å². The third-order valence-electron chi connectivity index (χ3n) is 1.74. The molecule has 0 rings (SSSR count). The Hall–Kier alpha value is 0.170. The summed E-state index contributed by atoms with van der Waals surface area (Å²) < 4.78 is 10.1. The summed E-state index contributed by atoms with van der Waals surface area (Å²) in [6.07, 6.45) is 4.28. The molecule has 0 bridgehead atoms. The fraction of sp³-hybridized carbons (Fsp3) is 1.00. The average Bonchev–Trinajstić information content (AvgIpc) is 2.11. The Morgan fingerprint density at radius 3 is 2.33 bits per heavy atom. The van der Waals surface area contributed by atoms with Gasteiger partial charge in [0.15, 0.2) is 6.29 Å². The van der Waals surface area contributed by atoms with Gasteiger partial charge >= 0.3 is 0 Å². The van der Waals surface area contributed by atoms with Crippen LogP contribution < -0.4 is 4.84 Å². The Balaban J connectivity index is 3.06. The van der Waals surface area contributed by atoms with E-state index in [1.54, 1.807) is 14.2 Å². The van der Waals surface area contributed by atoms with Crippen LogP contribution in [-0.2, 0) is 9.47 Å². The number of ether oxygens (including phenoxy) is 2. The van der Waals surface area contributed by atoms with Gasteiger partial charge in [-0.25, -0.2) is 4.84 Å². The molecular formula is C8H18ClNO2. The zero-order valence-electron chi connectivity index (χ0n) is 7.81. The Kier molecular flexibility index (Phi) is 9.39. The predicted octanol–water partition coefficient (Wildman–Crippen LogP) is 1.91. The van der Waals surface area contributed by atoms with Gasteiger partial charge in [0.2, 0.25) is 0 Å². The highest BCUT2D eigenvalue weighted by atomic mass is 35.5. The molecule has 0 radical (unpaired) electrons. The van der Waals surface area contributed by atoms with Crippen LogP contribution in [0.4, 0.5) is 0 Å². The number of halogens is 1. The van der Waals surface area contributed by atoms with Crippen LogP contribution >= 0.6 is 11.8 Å². The molecule has 4 heteroatoms. The quantitative estimate of drug-likeness (QED) is 0.365. The molecule has 74 valence electrons. The lowest BCUT2D eigenvalue weighted by atomic mass is 10.2. The normalized spacial score (nSPS) is 11.0. The highest BCUT2D eigenvalue weighted by Crippen LogP contribution is 2.06. The summed E-state index contributed by atoms with van der Waals surface area (Å²) in [5.41, 5.74) is 0. The van der Waals surface area contributed by atoms with E-state index < -0.39 is 0 Å². The van der Waals surface area contributed by atoms with Gasteiger partial charge in [0.1, 0.15) is 0 Å². The summed E-state index contributed by atoms with van der Waals surface area (Å²) in [5.74, 6) is 0. The first-order chi connectivity index (χ1) is 5.85. The molecule has 0 fully saturated rings. The molecule has 0 aliphatic heterocycles. The number of rotatable bonds is 8. The molecule has 0 amide bonds. The van der Waals surface area contributed by atoms with Crippen LogP contribution in [0.25, 0.3) is 0 Å². The molecule has 0 aromatic carbocycles. The third kappa shape index (κ3) is 6.85. The van der Waals surface area contributed by atoms with Gasteiger partial charge in [0, 0.05) is 20.8 Å². The lowest BCUT2D eigenvalue weighted by Gasteiger charge is -2.12. The van der Waals surface area contributed by atoms with Crippen molar-refractivity contribution >= 4 is 11.8 Å². The van der Waals surface area contributed by atoms with Crippen molar-refractivity contribution in [2.24, 2.45) is 0 Å². The van der Waals surface area contributed by atoms with Gasteiger partial charge < -0.3 is 9.47 Å². The molecule has 0 aliphatic carbocycles. The molecule has 0 aliphatic rings. The number of unbranched alkanes of at least 4 members (excludes halogenated alkanes) is 2. The summed E-state index contributed by atoms with van der Waals surface area (Å²) in [4.78, 5) is 2.59. The van der Waals surface area contributed by atoms with Crippen molar-refractivity contribution in [2.75, 3.05) is 20.8 Å². The van der Waals surface area contributed by atoms with E-state index in [0.717, 1.165) is 32.2 Å². The second-order valence-corrected chi connectivity index (χ2v) is 2.90. The third-order valence-corrected chi connectivity index (χ3v) is 1.93. The van der Waals surface area contributed by atoms with Crippen molar-refractivity contribution in [3.8, 4) is 0 Å². The zero-order valence-corrected chi connectivity index (χ0v) is 8.56. The minimum absolute atomic E-state index is 0.0473. The maximum atomic E-state index is 5.30. The van der Waals surface area contributed by atoms with Crippen LogP contribution in [0.3, 0.4) is 0 Å². The van der Waals surface area contributed by atoms with E-state index in [4.69, 9.17) is 21.3 Å². The zero-order chi connectivity index (χ0) is 9.23. The SMILES string of the molecule is COC(CCCCCNCl)OC. The summed E-state index contributed by atoms with van der Waals surface area (Å²) in [6, 6.07) is 0. The highest BCUT2D eigenvalue weighted by Gasteiger charge is 2.02. The van der Waals surface area contributed by atoms with E-state index in [1.807, 2.05) is 0 Å². The lowest BCUT2D eigenvalue weighted by molar-refractivity contribution is -0.107. The van der Waals surface area contributed by atoms with Crippen molar-refractivity contribution in [1.82, 2.24) is 4.84 Å². The van der Waals surface area contributed by atoms with Gasteiger partial charge in [0.25, 0.3) is 0 Å². The standard InChI is InChI=1S/C8H18ClNO2/c1-11-8(12-2)6-4-3-5-7-10-9/h8,10H,3-7H2,1-2H3. The Labute approximate surface area is 79.5 Å². The van der Waals surface area contributed by atoms with Crippen molar-refractivity contribution in [1.29, 1.82) is 0 Å². The first-order valence-electron chi connectivity index (χ1n) is 4.24. The maximum absolute atomic E-state index is 5.30. The Morgan fingerprint density at radius 2 is 1.83 bits per heavy atom. The minimum atomic E-state index is -0.0473. The van der Waals surface area contributed by atoms with Crippen LogP contribution in [-0.4, -0.2) is 27.1 Å². The smallest absolute Gasteiger partial charge is 0.156 e. The van der Waals surface area contributed by atoms with E-state index in [2.05, 4.69) is 4.84 Å². The van der Waals surface area contributed by atoms with Crippen LogP contribution in [0.15, 0.2) is 0 Å².